The minimum Gasteiger partial charge on any atom is -0.444 e. The van der Waals surface area contributed by atoms with Crippen molar-refractivity contribution in [3.63, 3.8) is 0 Å². The quantitative estimate of drug-likeness (QED) is 0.363. The topological polar surface area (TPSA) is 82.8 Å². The highest BCUT2D eigenvalue weighted by atomic mass is 16.6. The van der Waals surface area contributed by atoms with Crippen LogP contribution in [0.15, 0.2) is 40.9 Å². The fraction of sp³-hybridized carbons (Fsp3) is 0.462. The third-order valence-corrected chi connectivity index (χ3v) is 6.05. The lowest BCUT2D eigenvalue weighted by Gasteiger charge is -2.38. The number of amides is 1. The summed E-state index contributed by atoms with van der Waals surface area (Å²) in [6, 6.07) is 9.73. The number of ether oxygens (including phenoxy) is 1. The zero-order chi connectivity index (χ0) is 23.4. The molecule has 1 aromatic carbocycles. The van der Waals surface area contributed by atoms with E-state index in [-0.39, 0.29) is 11.9 Å². The molecule has 1 saturated heterocycles. The van der Waals surface area contributed by atoms with Crippen molar-refractivity contribution in [2.45, 2.75) is 59.0 Å². The van der Waals surface area contributed by atoms with Crippen molar-refractivity contribution < 1.29 is 14.3 Å². The van der Waals surface area contributed by atoms with Crippen LogP contribution in [0.1, 0.15) is 64.5 Å². The third kappa shape index (κ3) is 5.16. The average Bonchev–Trinajstić information content (AvgIpc) is 3.03. The van der Waals surface area contributed by atoms with Crippen LogP contribution >= 0.6 is 0 Å². The predicted octanol–water partition coefficient (Wildman–Crippen LogP) is 5.41. The standard InChI is InChI=1S/C26H31N3O3/c1-5-28-22(11-15-27)21-9-7-6-8-19(21)18-20-10-12-26(23(20)30)13-16-29(17-14-26)24(31)32-25(2,3)4/h5-9,11,18H,10,12-14,16-17H2,1-4H3/b20-18+,22-11-,28-5?. The summed E-state index contributed by atoms with van der Waals surface area (Å²) in [6.07, 6.45) is 7.54. The van der Waals surface area contributed by atoms with Crippen LogP contribution in [0.25, 0.3) is 11.8 Å². The largest absolute Gasteiger partial charge is 0.444 e. The molecule has 2 fully saturated rings. The first-order chi connectivity index (χ1) is 15.2. The molecule has 0 unspecified atom stereocenters. The predicted molar refractivity (Wildman–Crippen MR) is 126 cm³/mol. The van der Waals surface area contributed by atoms with Gasteiger partial charge in [0.25, 0.3) is 0 Å². The number of benzene rings is 1. The molecular formula is C26H31N3O3. The van der Waals surface area contributed by atoms with E-state index in [4.69, 9.17) is 10.00 Å². The summed E-state index contributed by atoms with van der Waals surface area (Å²) in [5.74, 6) is 0.181. The number of piperidine rings is 1. The van der Waals surface area contributed by atoms with Gasteiger partial charge in [0.2, 0.25) is 0 Å². The molecule has 1 heterocycles. The number of nitriles is 1. The molecule has 1 amide bonds. The van der Waals surface area contributed by atoms with E-state index < -0.39 is 11.0 Å². The summed E-state index contributed by atoms with van der Waals surface area (Å²) in [7, 11) is 0. The SMILES string of the molecule is CC=N/C(=C\C#N)c1ccccc1/C=C1\CCC2(CCN(C(=O)OC(C)(C)C)CC2)C1=O. The van der Waals surface area contributed by atoms with Crippen molar-refractivity contribution in [3.8, 4) is 6.07 Å². The summed E-state index contributed by atoms with van der Waals surface area (Å²) in [6.45, 7) is 8.44. The first-order valence-corrected chi connectivity index (χ1v) is 11.1. The van der Waals surface area contributed by atoms with E-state index in [1.807, 2.05) is 57.2 Å². The van der Waals surface area contributed by atoms with Crippen molar-refractivity contribution in [3.05, 3.63) is 47.0 Å². The van der Waals surface area contributed by atoms with E-state index in [0.29, 0.717) is 38.0 Å². The second-order valence-electron chi connectivity index (χ2n) is 9.38. The van der Waals surface area contributed by atoms with Gasteiger partial charge >= 0.3 is 6.09 Å². The summed E-state index contributed by atoms with van der Waals surface area (Å²) in [5.41, 5.74) is 2.17. The number of rotatable bonds is 3. The molecule has 1 spiro atoms. The number of Topliss-reactive ketones (excluding diaryl/α,β-unsaturated/α-hetero) is 1. The normalized spacial score (nSPS) is 20.2. The lowest BCUT2D eigenvalue weighted by molar-refractivity contribution is -0.125. The second-order valence-corrected chi connectivity index (χ2v) is 9.38. The monoisotopic (exact) mass is 433 g/mol. The Morgan fingerprint density at radius 2 is 1.91 bits per heavy atom. The maximum absolute atomic E-state index is 13.4. The van der Waals surface area contributed by atoms with Crippen molar-refractivity contribution in [2.75, 3.05) is 13.1 Å². The van der Waals surface area contributed by atoms with Crippen LogP contribution in [-0.2, 0) is 9.53 Å². The van der Waals surface area contributed by atoms with E-state index in [1.165, 1.54) is 6.08 Å². The minimum absolute atomic E-state index is 0.181. The third-order valence-electron chi connectivity index (χ3n) is 6.05. The Kier molecular flexibility index (Phi) is 6.98. The lowest BCUT2D eigenvalue weighted by atomic mass is 9.76. The zero-order valence-electron chi connectivity index (χ0n) is 19.4. The average molecular weight is 434 g/mol. The molecule has 6 heteroatoms. The molecule has 1 aliphatic heterocycles. The highest BCUT2D eigenvalue weighted by Crippen LogP contribution is 2.46. The Hall–Kier alpha value is -3.20. The lowest BCUT2D eigenvalue weighted by Crippen LogP contribution is -2.46. The molecule has 6 nitrogen and oxygen atoms in total. The fourth-order valence-corrected chi connectivity index (χ4v) is 4.43. The van der Waals surface area contributed by atoms with Gasteiger partial charge in [-0.05, 0) is 70.6 Å². The van der Waals surface area contributed by atoms with E-state index in [0.717, 1.165) is 23.1 Å². The first-order valence-electron chi connectivity index (χ1n) is 11.1. The highest BCUT2D eigenvalue weighted by Gasteiger charge is 2.47. The minimum atomic E-state index is -0.528. The van der Waals surface area contributed by atoms with Crippen molar-refractivity contribution in [1.82, 2.24) is 4.90 Å². The Labute approximate surface area is 190 Å². The Bertz CT molecular complexity index is 1010. The summed E-state index contributed by atoms with van der Waals surface area (Å²) in [5, 5.41) is 9.12. The number of nitrogens with zero attached hydrogens (tertiary/aromatic N) is 3. The van der Waals surface area contributed by atoms with Crippen LogP contribution in [0.4, 0.5) is 4.79 Å². The molecule has 3 rings (SSSR count). The second kappa shape index (κ2) is 9.52. The number of hydrogen-bond donors (Lipinski definition) is 0. The number of carbonyl (C=O) groups is 2. The van der Waals surface area contributed by atoms with Crippen LogP contribution < -0.4 is 0 Å². The van der Waals surface area contributed by atoms with Gasteiger partial charge in [-0.25, -0.2) is 4.79 Å². The molecule has 2 aliphatic rings. The van der Waals surface area contributed by atoms with Crippen LogP contribution in [0.5, 0.6) is 0 Å². The molecule has 1 saturated carbocycles. The van der Waals surface area contributed by atoms with Gasteiger partial charge in [-0.2, -0.15) is 5.26 Å². The molecule has 0 radical (unpaired) electrons. The maximum Gasteiger partial charge on any atom is 0.410 e. The van der Waals surface area contributed by atoms with Gasteiger partial charge in [-0.3, -0.25) is 9.79 Å². The number of ketones is 1. The van der Waals surface area contributed by atoms with Gasteiger partial charge in [0.1, 0.15) is 5.60 Å². The van der Waals surface area contributed by atoms with Gasteiger partial charge in [-0.1, -0.05) is 24.3 Å². The van der Waals surface area contributed by atoms with E-state index >= 15 is 0 Å². The number of aliphatic imine (C=N–C) groups is 1. The molecule has 168 valence electrons. The van der Waals surface area contributed by atoms with Crippen LogP contribution in [0.3, 0.4) is 0 Å². The van der Waals surface area contributed by atoms with Crippen molar-refractivity contribution >= 4 is 29.9 Å². The first kappa shape index (κ1) is 23.5. The van der Waals surface area contributed by atoms with Crippen LogP contribution in [0, 0.1) is 16.7 Å². The molecule has 1 aromatic rings. The fourth-order valence-electron chi connectivity index (χ4n) is 4.43. The van der Waals surface area contributed by atoms with Crippen molar-refractivity contribution in [1.29, 1.82) is 5.26 Å². The highest BCUT2D eigenvalue weighted by molar-refractivity contribution is 6.06. The Morgan fingerprint density at radius 3 is 2.53 bits per heavy atom. The summed E-state index contributed by atoms with van der Waals surface area (Å²) in [4.78, 5) is 31.8. The van der Waals surface area contributed by atoms with Gasteiger partial charge in [0.05, 0.1) is 11.8 Å². The molecule has 0 bridgehead atoms. The molecule has 0 N–H and O–H groups in total. The Balaban J connectivity index is 1.78. The van der Waals surface area contributed by atoms with E-state index in [9.17, 15) is 9.59 Å². The van der Waals surface area contributed by atoms with Gasteiger partial charge < -0.3 is 9.64 Å². The van der Waals surface area contributed by atoms with Crippen LogP contribution in [0.2, 0.25) is 0 Å². The maximum atomic E-state index is 13.4. The number of likely N-dealkylation sites (tertiary alicyclic amines) is 1. The summed E-state index contributed by atoms with van der Waals surface area (Å²) < 4.78 is 5.48. The van der Waals surface area contributed by atoms with E-state index in [2.05, 4.69) is 4.99 Å². The zero-order valence-corrected chi connectivity index (χ0v) is 19.4. The number of carbonyl (C=O) groups excluding carboxylic acids is 2. The summed E-state index contributed by atoms with van der Waals surface area (Å²) >= 11 is 0. The van der Waals surface area contributed by atoms with Gasteiger partial charge in [0, 0.05) is 36.4 Å². The molecule has 0 atom stereocenters. The number of allylic oxidation sites excluding steroid dienone is 2. The molecular weight excluding hydrogens is 402 g/mol. The molecule has 32 heavy (non-hydrogen) atoms. The van der Waals surface area contributed by atoms with Gasteiger partial charge in [0.15, 0.2) is 5.78 Å². The van der Waals surface area contributed by atoms with Crippen molar-refractivity contribution in [2.24, 2.45) is 10.4 Å². The smallest absolute Gasteiger partial charge is 0.410 e. The molecule has 0 aromatic heterocycles. The Morgan fingerprint density at radius 1 is 1.22 bits per heavy atom. The molecule has 1 aliphatic carbocycles. The number of hydrogen-bond acceptors (Lipinski definition) is 5. The van der Waals surface area contributed by atoms with Crippen LogP contribution in [-0.4, -0.2) is 41.7 Å². The van der Waals surface area contributed by atoms with E-state index in [1.54, 1.807) is 18.0 Å². The van der Waals surface area contributed by atoms with Gasteiger partial charge in [-0.15, -0.1) is 0 Å².